The molecule has 0 spiro atoms. The molecule has 1 fully saturated rings. The van der Waals surface area contributed by atoms with Gasteiger partial charge in [0.25, 0.3) is 5.91 Å². The Bertz CT molecular complexity index is 914. The van der Waals surface area contributed by atoms with Crippen LogP contribution in [-0.4, -0.2) is 83.1 Å². The summed E-state index contributed by atoms with van der Waals surface area (Å²) < 4.78 is 10.1. The van der Waals surface area contributed by atoms with E-state index in [1.807, 2.05) is 6.07 Å². The van der Waals surface area contributed by atoms with Crippen LogP contribution >= 0.6 is 0 Å². The van der Waals surface area contributed by atoms with Crippen LogP contribution in [0.25, 0.3) is 11.1 Å². The average molecular weight is 431 g/mol. The molecule has 166 valence electrons. The van der Waals surface area contributed by atoms with E-state index in [0.717, 1.165) is 11.1 Å². The molecule has 0 bridgehead atoms. The molecule has 0 aromatic heterocycles. The average Bonchev–Trinajstić information content (AvgIpc) is 2.81. The Morgan fingerprint density at radius 2 is 1.61 bits per heavy atom. The molecule has 0 saturated carbocycles. The first-order chi connectivity index (χ1) is 14.8. The third kappa shape index (κ3) is 5.09. The fourth-order valence-corrected chi connectivity index (χ4v) is 3.40. The van der Waals surface area contributed by atoms with Crippen LogP contribution < -0.4 is 5.32 Å². The van der Waals surface area contributed by atoms with Crippen LogP contribution in [0.5, 0.6) is 0 Å². The molecule has 9 nitrogen and oxygen atoms in total. The lowest BCUT2D eigenvalue weighted by Crippen LogP contribution is -2.60. The van der Waals surface area contributed by atoms with E-state index in [4.69, 9.17) is 9.47 Å². The van der Waals surface area contributed by atoms with Crippen LogP contribution in [0.15, 0.2) is 48.5 Å². The molecule has 3 rings (SSSR count). The van der Waals surface area contributed by atoms with Gasteiger partial charge in [0.2, 0.25) is 0 Å². The van der Waals surface area contributed by atoms with Gasteiger partial charge in [-0.2, -0.15) is 0 Å². The van der Waals surface area contributed by atoms with E-state index in [-0.39, 0.29) is 6.54 Å². The lowest BCUT2D eigenvalue weighted by molar-refractivity contribution is -0.227. The highest BCUT2D eigenvalue weighted by molar-refractivity contribution is 5.95. The predicted molar refractivity (Wildman–Crippen MR) is 109 cm³/mol. The van der Waals surface area contributed by atoms with Crippen molar-refractivity contribution in [1.29, 1.82) is 0 Å². The van der Waals surface area contributed by atoms with Crippen molar-refractivity contribution >= 4 is 11.9 Å². The first-order valence-corrected chi connectivity index (χ1v) is 9.73. The number of ether oxygens (including phenoxy) is 2. The van der Waals surface area contributed by atoms with Crippen molar-refractivity contribution in [2.24, 2.45) is 0 Å². The van der Waals surface area contributed by atoms with Crippen LogP contribution in [0.3, 0.4) is 0 Å². The summed E-state index contributed by atoms with van der Waals surface area (Å²) in [6.07, 6.45) is -6.37. The lowest BCUT2D eigenvalue weighted by Gasteiger charge is -2.40. The second-order valence-corrected chi connectivity index (χ2v) is 7.23. The standard InChI is InChI=1S/C22H25NO8/c1-30-22(29)15-4-2-3-14(9-15)12-5-7-13(8-6-12)21(28)23-10-16-18(25)20(27)19(26)17(11-24)31-16/h2-9,16-20,24-27H,10-11H2,1H3,(H,23,28). The molecule has 9 heteroatoms. The second-order valence-electron chi connectivity index (χ2n) is 7.23. The van der Waals surface area contributed by atoms with Gasteiger partial charge in [-0.3, -0.25) is 4.79 Å². The van der Waals surface area contributed by atoms with Crippen LogP contribution in [0, 0.1) is 0 Å². The maximum atomic E-state index is 12.5. The van der Waals surface area contributed by atoms with Gasteiger partial charge in [0.15, 0.2) is 0 Å². The van der Waals surface area contributed by atoms with Crippen molar-refractivity contribution in [3.63, 3.8) is 0 Å². The SMILES string of the molecule is COC(=O)c1cccc(-c2ccc(C(=O)NCC3OC(CO)C(O)C(O)C3O)cc2)c1. The van der Waals surface area contributed by atoms with E-state index in [0.29, 0.717) is 11.1 Å². The van der Waals surface area contributed by atoms with E-state index in [1.54, 1.807) is 42.5 Å². The molecule has 5 unspecified atom stereocenters. The minimum atomic E-state index is -1.49. The lowest BCUT2D eigenvalue weighted by atomic mass is 9.95. The van der Waals surface area contributed by atoms with Gasteiger partial charge in [0, 0.05) is 12.1 Å². The van der Waals surface area contributed by atoms with Crippen molar-refractivity contribution in [3.8, 4) is 11.1 Å². The van der Waals surface area contributed by atoms with E-state index in [1.165, 1.54) is 7.11 Å². The van der Waals surface area contributed by atoms with Crippen molar-refractivity contribution in [2.75, 3.05) is 20.3 Å². The third-order valence-corrected chi connectivity index (χ3v) is 5.22. The van der Waals surface area contributed by atoms with Gasteiger partial charge >= 0.3 is 5.97 Å². The Labute approximate surface area is 178 Å². The number of carbonyl (C=O) groups is 2. The van der Waals surface area contributed by atoms with Gasteiger partial charge in [-0.1, -0.05) is 24.3 Å². The molecule has 1 aliphatic heterocycles. The molecule has 31 heavy (non-hydrogen) atoms. The number of nitrogens with one attached hydrogen (secondary N) is 1. The minimum absolute atomic E-state index is 0.122. The normalized spacial score (nSPS) is 25.6. The summed E-state index contributed by atoms with van der Waals surface area (Å²) in [5.41, 5.74) is 2.37. The highest BCUT2D eigenvalue weighted by Gasteiger charge is 2.43. The molecule has 5 N–H and O–H groups in total. The van der Waals surface area contributed by atoms with Crippen LogP contribution in [0.2, 0.25) is 0 Å². The molecule has 1 amide bonds. The van der Waals surface area contributed by atoms with Gasteiger partial charge < -0.3 is 35.2 Å². The summed E-state index contributed by atoms with van der Waals surface area (Å²) in [6, 6.07) is 13.6. The topological polar surface area (TPSA) is 146 Å². The minimum Gasteiger partial charge on any atom is -0.465 e. The molecule has 0 radical (unpaired) electrons. The monoisotopic (exact) mass is 431 g/mol. The molecule has 2 aromatic carbocycles. The highest BCUT2D eigenvalue weighted by Crippen LogP contribution is 2.22. The molecule has 2 aromatic rings. The summed E-state index contributed by atoms with van der Waals surface area (Å²) in [5, 5.41) is 41.5. The number of hydrogen-bond donors (Lipinski definition) is 5. The molecule has 1 saturated heterocycles. The quantitative estimate of drug-likeness (QED) is 0.393. The van der Waals surface area contributed by atoms with E-state index >= 15 is 0 Å². The number of rotatable bonds is 6. The summed E-state index contributed by atoms with van der Waals surface area (Å²) in [4.78, 5) is 24.1. The fraction of sp³-hybridized carbons (Fsp3) is 0.364. The van der Waals surface area contributed by atoms with E-state index < -0.39 is 49.0 Å². The summed E-state index contributed by atoms with van der Waals surface area (Å²) >= 11 is 0. The summed E-state index contributed by atoms with van der Waals surface area (Å²) in [6.45, 7) is -0.656. The number of methoxy groups -OCH3 is 1. The zero-order valence-corrected chi connectivity index (χ0v) is 16.8. The molecule has 1 aliphatic rings. The number of aliphatic hydroxyl groups excluding tert-OH is 4. The van der Waals surface area contributed by atoms with Crippen molar-refractivity contribution in [1.82, 2.24) is 5.32 Å². The highest BCUT2D eigenvalue weighted by atomic mass is 16.5. The molecule has 0 aliphatic carbocycles. The molecule has 1 heterocycles. The Kier molecular flexibility index (Phi) is 7.37. The van der Waals surface area contributed by atoms with Crippen molar-refractivity contribution in [3.05, 3.63) is 59.7 Å². The Balaban J connectivity index is 1.64. The number of aliphatic hydroxyl groups is 4. The third-order valence-electron chi connectivity index (χ3n) is 5.22. The molecular formula is C22H25NO8. The maximum absolute atomic E-state index is 12.5. The maximum Gasteiger partial charge on any atom is 0.337 e. The Hall–Kier alpha value is -2.82. The summed E-state index contributed by atoms with van der Waals surface area (Å²) in [5.74, 6) is -0.863. The van der Waals surface area contributed by atoms with Gasteiger partial charge in [0.1, 0.15) is 30.5 Å². The van der Waals surface area contributed by atoms with Gasteiger partial charge in [-0.05, 0) is 35.4 Å². The molecule has 5 atom stereocenters. The van der Waals surface area contributed by atoms with Gasteiger partial charge in [0.05, 0.1) is 19.3 Å². The zero-order valence-electron chi connectivity index (χ0n) is 16.8. The number of carbonyl (C=O) groups excluding carboxylic acids is 2. The van der Waals surface area contributed by atoms with Crippen LogP contribution in [-0.2, 0) is 9.47 Å². The Morgan fingerprint density at radius 3 is 2.26 bits per heavy atom. The first-order valence-electron chi connectivity index (χ1n) is 9.73. The van der Waals surface area contributed by atoms with E-state index in [2.05, 4.69) is 5.32 Å². The first kappa shape index (κ1) is 22.9. The van der Waals surface area contributed by atoms with Crippen LogP contribution in [0.4, 0.5) is 0 Å². The molecular weight excluding hydrogens is 406 g/mol. The summed E-state index contributed by atoms with van der Waals surface area (Å²) in [7, 11) is 1.31. The van der Waals surface area contributed by atoms with E-state index in [9.17, 15) is 30.0 Å². The van der Waals surface area contributed by atoms with Gasteiger partial charge in [-0.15, -0.1) is 0 Å². The largest absolute Gasteiger partial charge is 0.465 e. The van der Waals surface area contributed by atoms with Crippen molar-refractivity contribution in [2.45, 2.75) is 30.5 Å². The number of amides is 1. The van der Waals surface area contributed by atoms with Crippen LogP contribution in [0.1, 0.15) is 20.7 Å². The second kappa shape index (κ2) is 9.99. The number of esters is 1. The number of hydrogen-bond acceptors (Lipinski definition) is 8. The fourth-order valence-electron chi connectivity index (χ4n) is 3.40. The van der Waals surface area contributed by atoms with Crippen molar-refractivity contribution < 1.29 is 39.5 Å². The predicted octanol–water partition coefficient (Wildman–Crippen LogP) is -0.288. The zero-order chi connectivity index (χ0) is 22.5. The Morgan fingerprint density at radius 1 is 0.935 bits per heavy atom. The smallest absolute Gasteiger partial charge is 0.337 e. The number of benzene rings is 2. The van der Waals surface area contributed by atoms with Gasteiger partial charge in [-0.25, -0.2) is 4.79 Å².